The van der Waals surface area contributed by atoms with Gasteiger partial charge in [-0.2, -0.15) is 5.10 Å². The Morgan fingerprint density at radius 2 is 1.67 bits per heavy atom. The highest BCUT2D eigenvalue weighted by molar-refractivity contribution is 8.13. The van der Waals surface area contributed by atoms with Gasteiger partial charge in [-0.25, -0.2) is 0 Å². The fraction of sp³-hybridized carbons (Fsp3) is 0.0909. The molecule has 0 saturated heterocycles. The zero-order valence-electron chi connectivity index (χ0n) is 15.1. The lowest BCUT2D eigenvalue weighted by atomic mass is 10.2. The summed E-state index contributed by atoms with van der Waals surface area (Å²) in [4.78, 5) is 0. The first kappa shape index (κ1) is 18.7. The molecule has 0 aliphatic rings. The molecule has 2 N–H and O–H groups in total. The quantitative estimate of drug-likeness (QED) is 0.358. The molecule has 3 aromatic rings. The van der Waals surface area contributed by atoms with Gasteiger partial charge in [0.2, 0.25) is 0 Å². The number of benzene rings is 3. The summed E-state index contributed by atoms with van der Waals surface area (Å²) >= 11 is 1.46. The summed E-state index contributed by atoms with van der Waals surface area (Å²) in [5.74, 6) is 2.26. The molecule has 4 nitrogen and oxygen atoms in total. The van der Waals surface area contributed by atoms with Gasteiger partial charge in [0.05, 0.1) is 6.21 Å². The highest BCUT2D eigenvalue weighted by atomic mass is 32.2. The molecule has 0 amide bonds. The molecule has 0 fully saturated rings. The lowest BCUT2D eigenvalue weighted by Gasteiger charge is -2.08. The number of nitrogens with zero attached hydrogens (tertiary/aromatic N) is 2. The van der Waals surface area contributed by atoms with Crippen LogP contribution < -0.4 is 10.5 Å². The minimum Gasteiger partial charge on any atom is -0.457 e. The van der Waals surface area contributed by atoms with E-state index in [0.29, 0.717) is 5.17 Å². The van der Waals surface area contributed by atoms with Crippen LogP contribution in [0.25, 0.3) is 0 Å². The van der Waals surface area contributed by atoms with E-state index in [1.54, 1.807) is 6.21 Å². The summed E-state index contributed by atoms with van der Waals surface area (Å²) in [5.41, 5.74) is 9.15. The second kappa shape index (κ2) is 9.59. The average Bonchev–Trinajstić information content (AvgIpc) is 2.70. The number of thioether (sulfide) groups is 1. The molecule has 0 aliphatic heterocycles. The maximum Gasteiger partial charge on any atom is 0.180 e. The Kier molecular flexibility index (Phi) is 6.66. The largest absolute Gasteiger partial charge is 0.457 e. The molecule has 0 aromatic heterocycles. The Balaban J connectivity index is 1.63. The van der Waals surface area contributed by atoms with Gasteiger partial charge in [-0.1, -0.05) is 71.9 Å². The molecule has 27 heavy (non-hydrogen) atoms. The van der Waals surface area contributed by atoms with Gasteiger partial charge in [-0.15, -0.1) is 5.10 Å². The third-order valence-electron chi connectivity index (χ3n) is 3.75. The van der Waals surface area contributed by atoms with E-state index in [1.807, 2.05) is 73.7 Å². The van der Waals surface area contributed by atoms with E-state index in [1.165, 1.54) is 22.9 Å². The third kappa shape index (κ3) is 6.01. The zero-order valence-corrected chi connectivity index (χ0v) is 15.9. The fourth-order valence-electron chi connectivity index (χ4n) is 2.32. The molecule has 0 atom stereocenters. The van der Waals surface area contributed by atoms with Crippen LogP contribution in [0.15, 0.2) is 89.1 Å². The molecular weight excluding hydrogens is 354 g/mol. The molecule has 136 valence electrons. The van der Waals surface area contributed by atoms with Crippen LogP contribution in [0.2, 0.25) is 0 Å². The summed E-state index contributed by atoms with van der Waals surface area (Å²) in [6.45, 7) is 2.04. The van der Waals surface area contributed by atoms with Crippen molar-refractivity contribution in [2.75, 3.05) is 0 Å². The number of hydrogen-bond donors (Lipinski definition) is 1. The molecule has 0 radical (unpaired) electrons. The normalized spacial score (nSPS) is 11.7. The zero-order chi connectivity index (χ0) is 18.9. The minimum atomic E-state index is 0.423. The lowest BCUT2D eigenvalue weighted by molar-refractivity contribution is 0.482. The Morgan fingerprint density at radius 3 is 2.44 bits per heavy atom. The van der Waals surface area contributed by atoms with E-state index >= 15 is 0 Å². The van der Waals surface area contributed by atoms with Gasteiger partial charge in [0.25, 0.3) is 0 Å². The van der Waals surface area contributed by atoms with E-state index in [-0.39, 0.29) is 0 Å². The maximum atomic E-state index is 5.95. The summed E-state index contributed by atoms with van der Waals surface area (Å²) in [7, 11) is 0. The van der Waals surface area contributed by atoms with E-state index in [2.05, 4.69) is 22.3 Å². The van der Waals surface area contributed by atoms with Gasteiger partial charge in [-0.05, 0) is 36.8 Å². The van der Waals surface area contributed by atoms with Crippen molar-refractivity contribution in [1.82, 2.24) is 0 Å². The van der Waals surface area contributed by atoms with Crippen molar-refractivity contribution < 1.29 is 4.74 Å². The second-order valence-electron chi connectivity index (χ2n) is 5.91. The first-order chi connectivity index (χ1) is 13.2. The number of para-hydroxylation sites is 1. The Hall–Kier alpha value is -3.05. The number of nitrogens with two attached hydrogens (primary N) is 1. The van der Waals surface area contributed by atoms with Crippen LogP contribution in [0.4, 0.5) is 0 Å². The Bertz CT molecular complexity index is 922. The predicted molar refractivity (Wildman–Crippen MR) is 115 cm³/mol. The van der Waals surface area contributed by atoms with Crippen LogP contribution in [-0.2, 0) is 5.75 Å². The van der Waals surface area contributed by atoms with E-state index in [0.717, 1.165) is 22.8 Å². The van der Waals surface area contributed by atoms with Crippen LogP contribution in [-0.4, -0.2) is 11.4 Å². The SMILES string of the molecule is Cc1ccc(Oc2ccccc2C=NN=C(N)SCc2ccccc2)cc1. The standard InChI is InChI=1S/C22H21N3OS/c1-17-11-13-20(14-12-17)26-21-10-6-5-9-19(21)15-24-25-22(23)27-16-18-7-3-2-4-8-18/h2-15H,16H2,1H3,(H2,23,25). The molecular formula is C22H21N3OS. The molecule has 3 rings (SSSR count). The van der Waals surface area contributed by atoms with Crippen molar-refractivity contribution in [3.63, 3.8) is 0 Å². The second-order valence-corrected chi connectivity index (χ2v) is 6.91. The van der Waals surface area contributed by atoms with Crippen molar-refractivity contribution in [2.24, 2.45) is 15.9 Å². The molecule has 0 bridgehead atoms. The number of rotatable bonds is 6. The van der Waals surface area contributed by atoms with Crippen molar-refractivity contribution in [3.8, 4) is 11.5 Å². The molecule has 5 heteroatoms. The molecule has 3 aromatic carbocycles. The van der Waals surface area contributed by atoms with Gasteiger partial charge < -0.3 is 10.5 Å². The average molecular weight is 375 g/mol. The van der Waals surface area contributed by atoms with Gasteiger partial charge in [0.15, 0.2) is 5.17 Å². The smallest absolute Gasteiger partial charge is 0.180 e. The number of ether oxygens (including phenoxy) is 1. The van der Waals surface area contributed by atoms with Crippen LogP contribution in [0.1, 0.15) is 16.7 Å². The summed E-state index contributed by atoms with van der Waals surface area (Å²) in [6.07, 6.45) is 1.65. The number of aryl methyl sites for hydroxylation is 1. The van der Waals surface area contributed by atoms with Crippen molar-refractivity contribution in [3.05, 3.63) is 95.6 Å². The van der Waals surface area contributed by atoms with E-state index in [4.69, 9.17) is 10.5 Å². The monoisotopic (exact) mass is 375 g/mol. The van der Waals surface area contributed by atoms with Crippen LogP contribution in [0, 0.1) is 6.92 Å². The lowest BCUT2D eigenvalue weighted by Crippen LogP contribution is -2.06. The van der Waals surface area contributed by atoms with Gasteiger partial charge >= 0.3 is 0 Å². The molecule has 0 heterocycles. The van der Waals surface area contributed by atoms with Crippen molar-refractivity contribution >= 4 is 23.1 Å². The number of amidine groups is 1. The van der Waals surface area contributed by atoms with E-state index in [9.17, 15) is 0 Å². The highest BCUT2D eigenvalue weighted by Gasteiger charge is 2.02. The maximum absolute atomic E-state index is 5.95. The van der Waals surface area contributed by atoms with Gasteiger partial charge in [0.1, 0.15) is 11.5 Å². The predicted octanol–water partition coefficient (Wildman–Crippen LogP) is 5.37. The Labute approximate surface area is 163 Å². The molecule has 0 aliphatic carbocycles. The molecule has 0 spiro atoms. The van der Waals surface area contributed by atoms with E-state index < -0.39 is 0 Å². The van der Waals surface area contributed by atoms with Crippen molar-refractivity contribution in [2.45, 2.75) is 12.7 Å². The first-order valence-electron chi connectivity index (χ1n) is 8.57. The fourth-order valence-corrected chi connectivity index (χ4v) is 2.93. The van der Waals surface area contributed by atoms with Gasteiger partial charge in [-0.3, -0.25) is 0 Å². The van der Waals surface area contributed by atoms with Gasteiger partial charge in [0, 0.05) is 11.3 Å². The minimum absolute atomic E-state index is 0.423. The van der Waals surface area contributed by atoms with Crippen LogP contribution in [0.3, 0.4) is 0 Å². The topological polar surface area (TPSA) is 60.0 Å². The number of hydrogen-bond acceptors (Lipinski definition) is 4. The third-order valence-corrected chi connectivity index (χ3v) is 4.61. The molecule has 0 saturated carbocycles. The summed E-state index contributed by atoms with van der Waals surface area (Å²) in [6, 6.07) is 25.7. The van der Waals surface area contributed by atoms with Crippen LogP contribution >= 0.6 is 11.8 Å². The Morgan fingerprint density at radius 1 is 0.963 bits per heavy atom. The first-order valence-corrected chi connectivity index (χ1v) is 9.56. The van der Waals surface area contributed by atoms with Crippen LogP contribution in [0.5, 0.6) is 11.5 Å². The highest BCUT2D eigenvalue weighted by Crippen LogP contribution is 2.24. The summed E-state index contributed by atoms with van der Waals surface area (Å²) in [5, 5.41) is 8.60. The van der Waals surface area contributed by atoms with Crippen molar-refractivity contribution in [1.29, 1.82) is 0 Å². The molecule has 0 unspecified atom stereocenters. The summed E-state index contributed by atoms with van der Waals surface area (Å²) < 4.78 is 5.95.